The number of benzene rings is 1. The summed E-state index contributed by atoms with van der Waals surface area (Å²) in [6.45, 7) is 4.23. The summed E-state index contributed by atoms with van der Waals surface area (Å²) in [5, 5.41) is 0.924. The van der Waals surface area contributed by atoms with Gasteiger partial charge in [0.05, 0.1) is 0 Å². The molecule has 0 saturated heterocycles. The van der Waals surface area contributed by atoms with Gasteiger partial charge in [0, 0.05) is 16.8 Å². The highest BCUT2D eigenvalue weighted by atomic mass is 79.9. The van der Waals surface area contributed by atoms with E-state index in [9.17, 15) is 0 Å². The van der Waals surface area contributed by atoms with Crippen molar-refractivity contribution in [2.75, 3.05) is 5.33 Å². The minimum Gasteiger partial charge on any atom is -0.461 e. The van der Waals surface area contributed by atoms with Gasteiger partial charge >= 0.3 is 0 Å². The quantitative estimate of drug-likeness (QED) is 0.739. The summed E-state index contributed by atoms with van der Waals surface area (Å²) in [5.74, 6) is 2.40. The van der Waals surface area contributed by atoms with Crippen LogP contribution in [0.5, 0.6) is 0 Å². The van der Waals surface area contributed by atoms with Gasteiger partial charge in [0.15, 0.2) is 0 Å². The van der Waals surface area contributed by atoms with Gasteiger partial charge in [-0.1, -0.05) is 52.7 Å². The average Bonchev–Trinajstić information content (AvgIpc) is 2.78. The fourth-order valence-corrected chi connectivity index (χ4v) is 1.89. The zero-order valence-corrected chi connectivity index (χ0v) is 11.1. The Hall–Kier alpha value is -1.02. The first kappa shape index (κ1) is 11.5. The molecule has 0 spiro atoms. The van der Waals surface area contributed by atoms with Crippen molar-refractivity contribution >= 4 is 15.9 Å². The molecule has 1 aromatic carbocycles. The molecule has 0 fully saturated rings. The molecule has 16 heavy (non-hydrogen) atoms. The fraction of sp³-hybridized carbons (Fsp3) is 0.286. The lowest BCUT2D eigenvalue weighted by Gasteiger charge is -2.02. The molecule has 0 amide bonds. The Kier molecular flexibility index (Phi) is 3.49. The van der Waals surface area contributed by atoms with Gasteiger partial charge in [-0.3, -0.25) is 0 Å². The first-order valence-electron chi connectivity index (χ1n) is 5.43. The third-order valence-corrected chi connectivity index (χ3v) is 3.65. The van der Waals surface area contributed by atoms with Crippen molar-refractivity contribution in [1.82, 2.24) is 0 Å². The summed E-state index contributed by atoms with van der Waals surface area (Å²) in [6.07, 6.45) is 0. The Morgan fingerprint density at radius 2 is 1.81 bits per heavy atom. The van der Waals surface area contributed by atoms with Gasteiger partial charge in [0.2, 0.25) is 0 Å². The van der Waals surface area contributed by atoms with Gasteiger partial charge in [-0.2, -0.15) is 0 Å². The molecule has 1 heterocycles. The Bertz CT molecular complexity index is 456. The minimum absolute atomic E-state index is 0.416. The molecule has 2 aromatic rings. The van der Waals surface area contributed by atoms with Crippen molar-refractivity contribution in [2.24, 2.45) is 0 Å². The second-order valence-electron chi connectivity index (χ2n) is 4.12. The maximum Gasteiger partial charge on any atom is 0.134 e. The third kappa shape index (κ3) is 2.38. The first-order valence-corrected chi connectivity index (χ1v) is 6.55. The summed E-state index contributed by atoms with van der Waals surface area (Å²) < 4.78 is 5.83. The number of hydrogen-bond donors (Lipinski definition) is 0. The number of alkyl halides is 1. The monoisotopic (exact) mass is 278 g/mol. The van der Waals surface area contributed by atoms with Crippen LogP contribution in [0.25, 0.3) is 11.3 Å². The molecule has 84 valence electrons. The number of halogens is 1. The van der Waals surface area contributed by atoms with Crippen molar-refractivity contribution in [3.63, 3.8) is 0 Å². The van der Waals surface area contributed by atoms with Crippen molar-refractivity contribution in [3.05, 3.63) is 47.7 Å². The molecule has 0 bridgehead atoms. The highest BCUT2D eigenvalue weighted by molar-refractivity contribution is 9.09. The third-order valence-electron chi connectivity index (χ3n) is 2.68. The second kappa shape index (κ2) is 4.88. The molecular weight excluding hydrogens is 264 g/mol. The highest BCUT2D eigenvalue weighted by Gasteiger charge is 2.09. The SMILES string of the molecule is Cc1ccc(-c2ccc(C(C)CBr)o2)cc1. The van der Waals surface area contributed by atoms with Gasteiger partial charge in [0.1, 0.15) is 11.5 Å². The van der Waals surface area contributed by atoms with E-state index in [1.54, 1.807) is 0 Å². The largest absolute Gasteiger partial charge is 0.461 e. The Morgan fingerprint density at radius 1 is 1.12 bits per heavy atom. The van der Waals surface area contributed by atoms with Gasteiger partial charge in [-0.25, -0.2) is 0 Å². The average molecular weight is 279 g/mol. The molecule has 0 aliphatic rings. The van der Waals surface area contributed by atoms with E-state index < -0.39 is 0 Å². The highest BCUT2D eigenvalue weighted by Crippen LogP contribution is 2.27. The van der Waals surface area contributed by atoms with Crippen molar-refractivity contribution in [2.45, 2.75) is 19.8 Å². The molecule has 0 radical (unpaired) electrons. The van der Waals surface area contributed by atoms with E-state index in [-0.39, 0.29) is 0 Å². The molecule has 1 aromatic heterocycles. The van der Waals surface area contributed by atoms with Crippen LogP contribution in [0.3, 0.4) is 0 Å². The standard InChI is InChI=1S/C14H15BrO/c1-10-3-5-12(6-4-10)14-8-7-13(16-14)11(2)9-15/h3-8,11H,9H2,1-2H3. The zero-order valence-electron chi connectivity index (χ0n) is 9.53. The van der Waals surface area contributed by atoms with Crippen LogP contribution in [0.2, 0.25) is 0 Å². The molecule has 1 nitrogen and oxygen atoms in total. The molecule has 0 aliphatic heterocycles. The van der Waals surface area contributed by atoms with Gasteiger partial charge in [-0.15, -0.1) is 0 Å². The zero-order chi connectivity index (χ0) is 11.5. The van der Waals surface area contributed by atoms with E-state index in [0.29, 0.717) is 5.92 Å². The molecule has 1 unspecified atom stereocenters. The van der Waals surface area contributed by atoms with E-state index >= 15 is 0 Å². The first-order chi connectivity index (χ1) is 7.70. The summed E-state index contributed by atoms with van der Waals surface area (Å²) in [6, 6.07) is 12.5. The van der Waals surface area contributed by atoms with E-state index in [1.165, 1.54) is 5.56 Å². The Balaban J connectivity index is 2.28. The number of aryl methyl sites for hydroxylation is 1. The minimum atomic E-state index is 0.416. The van der Waals surface area contributed by atoms with E-state index in [2.05, 4.69) is 60.1 Å². The van der Waals surface area contributed by atoms with Gasteiger partial charge in [0.25, 0.3) is 0 Å². The van der Waals surface area contributed by atoms with Crippen LogP contribution in [-0.2, 0) is 0 Å². The van der Waals surface area contributed by atoms with E-state index in [0.717, 1.165) is 22.4 Å². The normalized spacial score (nSPS) is 12.7. The fourth-order valence-electron chi connectivity index (χ4n) is 1.57. The smallest absolute Gasteiger partial charge is 0.134 e. The lowest BCUT2D eigenvalue weighted by Crippen LogP contribution is -1.90. The predicted molar refractivity (Wildman–Crippen MR) is 71.1 cm³/mol. The maximum atomic E-state index is 5.83. The Labute approximate surface area is 105 Å². The molecule has 0 aliphatic carbocycles. The summed E-state index contributed by atoms with van der Waals surface area (Å²) in [5.41, 5.74) is 2.41. The Morgan fingerprint density at radius 3 is 2.44 bits per heavy atom. The molecular formula is C14H15BrO. The van der Waals surface area contributed by atoms with E-state index in [1.807, 2.05) is 6.07 Å². The molecule has 1 atom stereocenters. The maximum absolute atomic E-state index is 5.83. The lowest BCUT2D eigenvalue weighted by molar-refractivity contribution is 0.501. The molecule has 0 N–H and O–H groups in total. The van der Waals surface area contributed by atoms with Crippen molar-refractivity contribution in [1.29, 1.82) is 0 Å². The van der Waals surface area contributed by atoms with Crippen LogP contribution in [0, 0.1) is 6.92 Å². The lowest BCUT2D eigenvalue weighted by atomic mass is 10.1. The molecule has 0 saturated carbocycles. The van der Waals surface area contributed by atoms with E-state index in [4.69, 9.17) is 4.42 Å². The number of rotatable bonds is 3. The second-order valence-corrected chi connectivity index (χ2v) is 4.77. The van der Waals surface area contributed by atoms with Crippen LogP contribution >= 0.6 is 15.9 Å². The van der Waals surface area contributed by atoms with Gasteiger partial charge in [-0.05, 0) is 19.1 Å². The molecule has 2 rings (SSSR count). The van der Waals surface area contributed by atoms with Crippen molar-refractivity contribution in [3.8, 4) is 11.3 Å². The van der Waals surface area contributed by atoms with Crippen LogP contribution in [0.15, 0.2) is 40.8 Å². The van der Waals surface area contributed by atoms with Crippen LogP contribution < -0.4 is 0 Å². The number of furan rings is 1. The predicted octanol–water partition coefficient (Wildman–Crippen LogP) is 4.75. The topological polar surface area (TPSA) is 13.1 Å². The number of hydrogen-bond acceptors (Lipinski definition) is 1. The van der Waals surface area contributed by atoms with Crippen LogP contribution in [0.4, 0.5) is 0 Å². The summed E-state index contributed by atoms with van der Waals surface area (Å²) >= 11 is 3.47. The van der Waals surface area contributed by atoms with Crippen LogP contribution in [-0.4, -0.2) is 5.33 Å². The van der Waals surface area contributed by atoms with Gasteiger partial charge < -0.3 is 4.42 Å². The summed E-state index contributed by atoms with van der Waals surface area (Å²) in [4.78, 5) is 0. The molecule has 2 heteroatoms. The summed E-state index contributed by atoms with van der Waals surface area (Å²) in [7, 11) is 0. The van der Waals surface area contributed by atoms with Crippen LogP contribution in [0.1, 0.15) is 24.2 Å². The van der Waals surface area contributed by atoms with Crippen molar-refractivity contribution < 1.29 is 4.42 Å².